The van der Waals surface area contributed by atoms with Gasteiger partial charge in [0.15, 0.2) is 11.5 Å². The lowest BCUT2D eigenvalue weighted by atomic mass is 10.3. The maximum Gasteiger partial charge on any atom is 0.511 e. The molecule has 0 aromatic heterocycles. The molecule has 0 spiro atoms. The van der Waals surface area contributed by atoms with Gasteiger partial charge in [0.1, 0.15) is 0 Å². The van der Waals surface area contributed by atoms with E-state index in [-0.39, 0.29) is 11.5 Å². The number of carboxylic acid groups (broad SMARTS) is 2. The van der Waals surface area contributed by atoms with E-state index in [1.165, 1.54) is 24.3 Å². The topological polar surface area (TPSA) is 93.1 Å². The SMILES string of the molecule is O=C(O)Oc1ccccc1OC(=O)O. The van der Waals surface area contributed by atoms with E-state index in [0.29, 0.717) is 0 Å². The van der Waals surface area contributed by atoms with E-state index >= 15 is 0 Å². The van der Waals surface area contributed by atoms with Crippen molar-refractivity contribution in [2.24, 2.45) is 0 Å². The molecule has 1 rings (SSSR count). The van der Waals surface area contributed by atoms with Crippen LogP contribution in [0.1, 0.15) is 0 Å². The number of rotatable bonds is 2. The summed E-state index contributed by atoms with van der Waals surface area (Å²) in [6.45, 7) is 0. The Morgan fingerprint density at radius 1 is 0.929 bits per heavy atom. The van der Waals surface area contributed by atoms with Crippen LogP contribution in [0.15, 0.2) is 24.3 Å². The first-order valence-electron chi connectivity index (χ1n) is 3.50. The molecule has 0 aliphatic rings. The number of hydrogen-bond acceptors (Lipinski definition) is 4. The molecule has 1 aromatic rings. The molecule has 0 aliphatic carbocycles. The molecule has 0 saturated carbocycles. The van der Waals surface area contributed by atoms with Gasteiger partial charge in [-0.25, -0.2) is 9.59 Å². The summed E-state index contributed by atoms with van der Waals surface area (Å²) >= 11 is 0. The van der Waals surface area contributed by atoms with Gasteiger partial charge in [-0.15, -0.1) is 0 Å². The molecule has 0 aliphatic heterocycles. The van der Waals surface area contributed by atoms with E-state index in [2.05, 4.69) is 9.47 Å². The van der Waals surface area contributed by atoms with Crippen molar-refractivity contribution >= 4 is 12.3 Å². The molecule has 0 saturated heterocycles. The lowest BCUT2D eigenvalue weighted by Crippen LogP contribution is -2.08. The zero-order valence-electron chi connectivity index (χ0n) is 6.84. The summed E-state index contributed by atoms with van der Waals surface area (Å²) in [5, 5.41) is 16.6. The monoisotopic (exact) mass is 198 g/mol. The van der Waals surface area contributed by atoms with Gasteiger partial charge in [0, 0.05) is 0 Å². The molecule has 0 bridgehead atoms. The van der Waals surface area contributed by atoms with Crippen LogP contribution in [0, 0.1) is 0 Å². The number of benzene rings is 1. The van der Waals surface area contributed by atoms with Crippen molar-refractivity contribution in [1.82, 2.24) is 0 Å². The summed E-state index contributed by atoms with van der Waals surface area (Å²) in [6, 6.07) is 5.55. The lowest BCUT2D eigenvalue weighted by molar-refractivity contribution is 0.132. The van der Waals surface area contributed by atoms with E-state index in [0.717, 1.165) is 0 Å². The standard InChI is InChI=1S/C8H6O6/c9-7(10)13-5-3-1-2-4-6(5)14-8(11)12/h1-4H,(H,9,10)(H,11,12). The Kier molecular flexibility index (Phi) is 2.90. The van der Waals surface area contributed by atoms with Crippen LogP contribution in [-0.2, 0) is 0 Å². The minimum Gasteiger partial charge on any atom is -0.449 e. The fourth-order valence-electron chi connectivity index (χ4n) is 0.807. The molecule has 0 unspecified atom stereocenters. The Hall–Kier alpha value is -2.24. The van der Waals surface area contributed by atoms with Crippen LogP contribution in [0.4, 0.5) is 9.59 Å². The molecule has 0 amide bonds. The second-order valence-corrected chi connectivity index (χ2v) is 2.18. The molecule has 0 radical (unpaired) electrons. The fraction of sp³-hybridized carbons (Fsp3) is 0. The van der Waals surface area contributed by atoms with Crippen LogP contribution in [0.5, 0.6) is 11.5 Å². The first-order chi connectivity index (χ1) is 6.59. The average molecular weight is 198 g/mol. The van der Waals surface area contributed by atoms with Crippen molar-refractivity contribution in [2.45, 2.75) is 0 Å². The van der Waals surface area contributed by atoms with Crippen LogP contribution < -0.4 is 9.47 Å². The molecule has 0 atom stereocenters. The van der Waals surface area contributed by atoms with E-state index in [4.69, 9.17) is 10.2 Å². The lowest BCUT2D eigenvalue weighted by Gasteiger charge is -2.04. The smallest absolute Gasteiger partial charge is 0.449 e. The Bertz CT molecular complexity index is 324. The Labute approximate surface area is 78.3 Å². The molecule has 1 aromatic carbocycles. The Morgan fingerprint density at radius 2 is 1.29 bits per heavy atom. The van der Waals surface area contributed by atoms with Gasteiger partial charge in [0.25, 0.3) is 0 Å². The van der Waals surface area contributed by atoms with Crippen molar-refractivity contribution in [3.8, 4) is 11.5 Å². The molecule has 6 heteroatoms. The number of para-hydroxylation sites is 2. The van der Waals surface area contributed by atoms with Crippen molar-refractivity contribution in [3.63, 3.8) is 0 Å². The van der Waals surface area contributed by atoms with E-state index in [1.54, 1.807) is 0 Å². The van der Waals surface area contributed by atoms with E-state index in [1.807, 2.05) is 0 Å². The van der Waals surface area contributed by atoms with Crippen molar-refractivity contribution in [3.05, 3.63) is 24.3 Å². The zero-order valence-corrected chi connectivity index (χ0v) is 6.84. The van der Waals surface area contributed by atoms with Gasteiger partial charge in [0.2, 0.25) is 0 Å². The van der Waals surface area contributed by atoms with E-state index < -0.39 is 12.3 Å². The maximum atomic E-state index is 10.2. The minimum atomic E-state index is -1.54. The molecule has 14 heavy (non-hydrogen) atoms. The van der Waals surface area contributed by atoms with Crippen molar-refractivity contribution in [2.75, 3.05) is 0 Å². The normalized spacial score (nSPS) is 9.14. The predicted molar refractivity (Wildman–Crippen MR) is 43.7 cm³/mol. The largest absolute Gasteiger partial charge is 0.511 e. The van der Waals surface area contributed by atoms with Crippen LogP contribution in [-0.4, -0.2) is 22.5 Å². The minimum absolute atomic E-state index is 0.164. The molecular weight excluding hydrogens is 192 g/mol. The summed E-state index contributed by atoms with van der Waals surface area (Å²) in [6.07, 6.45) is -3.07. The summed E-state index contributed by atoms with van der Waals surface area (Å²) in [5.74, 6) is -0.329. The van der Waals surface area contributed by atoms with Gasteiger partial charge in [-0.1, -0.05) is 12.1 Å². The van der Waals surface area contributed by atoms with Crippen LogP contribution in [0.2, 0.25) is 0 Å². The average Bonchev–Trinajstić information content (AvgIpc) is 2.06. The molecule has 2 N–H and O–H groups in total. The van der Waals surface area contributed by atoms with Crippen LogP contribution in [0.3, 0.4) is 0 Å². The van der Waals surface area contributed by atoms with Gasteiger partial charge >= 0.3 is 12.3 Å². The second kappa shape index (κ2) is 4.13. The van der Waals surface area contributed by atoms with E-state index in [9.17, 15) is 9.59 Å². The van der Waals surface area contributed by atoms with Crippen molar-refractivity contribution in [1.29, 1.82) is 0 Å². The first kappa shape index (κ1) is 9.85. The second-order valence-electron chi connectivity index (χ2n) is 2.18. The summed E-state index contributed by atoms with van der Waals surface area (Å²) in [7, 11) is 0. The summed E-state index contributed by atoms with van der Waals surface area (Å²) in [5.41, 5.74) is 0. The maximum absolute atomic E-state index is 10.2. The number of hydrogen-bond donors (Lipinski definition) is 2. The van der Waals surface area contributed by atoms with Gasteiger partial charge in [-0.05, 0) is 12.1 Å². The third-order valence-corrected chi connectivity index (χ3v) is 1.24. The highest BCUT2D eigenvalue weighted by Crippen LogP contribution is 2.26. The third-order valence-electron chi connectivity index (χ3n) is 1.24. The van der Waals surface area contributed by atoms with Gasteiger partial charge in [-0.2, -0.15) is 0 Å². The fourth-order valence-corrected chi connectivity index (χ4v) is 0.807. The highest BCUT2D eigenvalue weighted by Gasteiger charge is 2.10. The number of carbonyl (C=O) groups is 2. The first-order valence-corrected chi connectivity index (χ1v) is 3.50. The quantitative estimate of drug-likeness (QED) is 0.555. The van der Waals surface area contributed by atoms with Crippen LogP contribution >= 0.6 is 0 Å². The Morgan fingerprint density at radius 3 is 1.57 bits per heavy atom. The van der Waals surface area contributed by atoms with Gasteiger partial charge < -0.3 is 19.7 Å². The van der Waals surface area contributed by atoms with Crippen molar-refractivity contribution < 1.29 is 29.3 Å². The highest BCUT2D eigenvalue weighted by atomic mass is 16.7. The highest BCUT2D eigenvalue weighted by molar-refractivity contribution is 5.66. The predicted octanol–water partition coefficient (Wildman–Crippen LogP) is 1.80. The molecule has 0 fully saturated rings. The zero-order chi connectivity index (χ0) is 10.6. The van der Waals surface area contributed by atoms with Crippen LogP contribution in [0.25, 0.3) is 0 Å². The summed E-state index contributed by atoms with van der Waals surface area (Å²) in [4.78, 5) is 20.4. The molecule has 6 nitrogen and oxygen atoms in total. The van der Waals surface area contributed by atoms with Gasteiger partial charge in [-0.3, -0.25) is 0 Å². The number of ether oxygens (including phenoxy) is 2. The molecule has 0 heterocycles. The molecular formula is C8H6O6. The molecule has 74 valence electrons. The Balaban J connectivity index is 2.90. The third kappa shape index (κ3) is 2.67. The summed E-state index contributed by atoms with van der Waals surface area (Å²) < 4.78 is 8.55. The van der Waals surface area contributed by atoms with Gasteiger partial charge in [0.05, 0.1) is 0 Å².